The third kappa shape index (κ3) is 35.7. The van der Waals surface area contributed by atoms with Gasteiger partial charge in [-0.1, -0.05) is 180 Å². The van der Waals surface area contributed by atoms with Crippen molar-refractivity contribution >= 4 is 35.1 Å². The maximum absolute atomic E-state index is 11.2. The SMILES string of the molecule is CCCCCCCCCCCCCCC(C(=O)O)C(C)Cl.CCCCCCCCCCCCCCCC(=O)OC(C)Cl. The molecule has 1 N–H and O–H groups in total. The molecule has 0 aliphatic carbocycles. The number of carbonyl (C=O) groups is 2. The molecule has 0 amide bonds. The van der Waals surface area contributed by atoms with E-state index in [0.29, 0.717) is 6.42 Å². The maximum Gasteiger partial charge on any atom is 0.307 e. The summed E-state index contributed by atoms with van der Waals surface area (Å²) in [4.78, 5) is 22.2. The van der Waals surface area contributed by atoms with Crippen molar-refractivity contribution in [3.63, 3.8) is 0 Å². The molecule has 0 saturated carbocycles. The molecule has 4 nitrogen and oxygen atoms in total. The molecule has 0 aromatic carbocycles. The fraction of sp³-hybridized carbons (Fsp3) is 0.944. The molecule has 0 rings (SSSR count). The first-order valence-corrected chi connectivity index (χ1v) is 18.8. The van der Waals surface area contributed by atoms with Crippen molar-refractivity contribution in [1.29, 1.82) is 0 Å². The molecule has 0 heterocycles. The van der Waals surface area contributed by atoms with Crippen LogP contribution >= 0.6 is 23.2 Å². The van der Waals surface area contributed by atoms with Gasteiger partial charge in [-0.15, -0.1) is 11.6 Å². The van der Waals surface area contributed by atoms with Gasteiger partial charge >= 0.3 is 11.9 Å². The molecule has 0 aromatic rings. The molecule has 0 saturated heterocycles. The van der Waals surface area contributed by atoms with E-state index in [1.807, 2.05) is 0 Å². The minimum atomic E-state index is -0.749. The van der Waals surface area contributed by atoms with Crippen molar-refractivity contribution in [3.8, 4) is 0 Å². The number of carbonyl (C=O) groups excluding carboxylic acids is 1. The van der Waals surface area contributed by atoms with Gasteiger partial charge in [0.15, 0.2) is 5.56 Å². The molecular formula is C36H70Cl2O4. The number of halogens is 2. The first-order valence-electron chi connectivity index (χ1n) is 18.0. The van der Waals surface area contributed by atoms with Gasteiger partial charge < -0.3 is 9.84 Å². The minimum Gasteiger partial charge on any atom is -0.481 e. The summed E-state index contributed by atoms with van der Waals surface area (Å²) < 4.78 is 4.88. The van der Waals surface area contributed by atoms with Crippen molar-refractivity contribution in [1.82, 2.24) is 0 Å². The Labute approximate surface area is 271 Å². The molecule has 252 valence electrons. The molecule has 0 fully saturated rings. The number of rotatable bonds is 30. The smallest absolute Gasteiger partial charge is 0.307 e. The van der Waals surface area contributed by atoms with Gasteiger partial charge in [-0.2, -0.15) is 0 Å². The van der Waals surface area contributed by atoms with Crippen molar-refractivity contribution in [3.05, 3.63) is 0 Å². The monoisotopic (exact) mass is 636 g/mol. The lowest BCUT2D eigenvalue weighted by atomic mass is 9.97. The summed E-state index contributed by atoms with van der Waals surface area (Å²) in [5.74, 6) is -1.30. The summed E-state index contributed by atoms with van der Waals surface area (Å²) in [6.45, 7) is 7.97. The average Bonchev–Trinajstić information content (AvgIpc) is 2.93. The normalized spacial score (nSPS) is 13.2. The second-order valence-electron chi connectivity index (χ2n) is 12.3. The van der Waals surface area contributed by atoms with Crippen LogP contribution < -0.4 is 0 Å². The molecule has 0 aliphatic heterocycles. The lowest BCUT2D eigenvalue weighted by Crippen LogP contribution is -2.21. The van der Waals surface area contributed by atoms with Crippen LogP contribution in [-0.2, 0) is 14.3 Å². The van der Waals surface area contributed by atoms with Crippen LogP contribution in [0.1, 0.15) is 201 Å². The Morgan fingerprint density at radius 2 is 0.857 bits per heavy atom. The van der Waals surface area contributed by atoms with E-state index in [1.165, 1.54) is 135 Å². The fourth-order valence-corrected chi connectivity index (χ4v) is 5.62. The van der Waals surface area contributed by atoms with Crippen molar-refractivity contribution in [2.24, 2.45) is 5.92 Å². The van der Waals surface area contributed by atoms with Gasteiger partial charge in [0.2, 0.25) is 0 Å². The van der Waals surface area contributed by atoms with Gasteiger partial charge in [-0.05, 0) is 26.7 Å². The second-order valence-corrected chi connectivity index (χ2v) is 13.6. The van der Waals surface area contributed by atoms with E-state index in [1.54, 1.807) is 13.8 Å². The molecule has 3 unspecified atom stereocenters. The van der Waals surface area contributed by atoms with Gasteiger partial charge in [-0.25, -0.2) is 0 Å². The molecular weight excluding hydrogens is 567 g/mol. The van der Waals surface area contributed by atoms with E-state index in [0.717, 1.165) is 32.1 Å². The number of esters is 1. The van der Waals surface area contributed by atoms with Crippen LogP contribution in [0.3, 0.4) is 0 Å². The molecule has 0 aromatic heterocycles. The summed E-state index contributed by atoms with van der Waals surface area (Å²) in [5.41, 5.74) is -0.500. The lowest BCUT2D eigenvalue weighted by molar-refractivity contribution is -0.145. The van der Waals surface area contributed by atoms with Crippen LogP contribution in [-0.4, -0.2) is 28.0 Å². The van der Waals surface area contributed by atoms with Crippen molar-refractivity contribution in [2.75, 3.05) is 0 Å². The Hall–Kier alpha value is -0.480. The first kappa shape index (κ1) is 43.6. The zero-order valence-electron chi connectivity index (χ0n) is 28.3. The third-order valence-electron chi connectivity index (χ3n) is 8.02. The number of aliphatic carboxylic acids is 1. The number of alkyl halides is 2. The zero-order valence-corrected chi connectivity index (χ0v) is 29.8. The number of carboxylic acid groups (broad SMARTS) is 1. The highest BCUT2D eigenvalue weighted by Gasteiger charge is 2.22. The molecule has 0 spiro atoms. The van der Waals surface area contributed by atoms with Gasteiger partial charge in [0, 0.05) is 11.8 Å². The van der Waals surface area contributed by atoms with Crippen LogP contribution in [0.25, 0.3) is 0 Å². The van der Waals surface area contributed by atoms with Crippen LogP contribution in [0.15, 0.2) is 0 Å². The maximum atomic E-state index is 11.2. The zero-order chi connectivity index (χ0) is 31.7. The summed E-state index contributed by atoms with van der Waals surface area (Å²) >= 11 is 11.5. The number of carboxylic acids is 1. The van der Waals surface area contributed by atoms with E-state index in [2.05, 4.69) is 13.8 Å². The number of unbranched alkanes of at least 4 members (excludes halogenated alkanes) is 23. The predicted octanol–water partition coefficient (Wildman–Crippen LogP) is 13.0. The van der Waals surface area contributed by atoms with E-state index in [4.69, 9.17) is 33.0 Å². The van der Waals surface area contributed by atoms with Crippen LogP contribution in [0.4, 0.5) is 0 Å². The topological polar surface area (TPSA) is 63.6 Å². The third-order valence-corrected chi connectivity index (χ3v) is 8.41. The summed E-state index contributed by atoms with van der Waals surface area (Å²) in [6.07, 6.45) is 34.0. The van der Waals surface area contributed by atoms with Crippen LogP contribution in [0.5, 0.6) is 0 Å². The first-order chi connectivity index (χ1) is 20.3. The fourth-order valence-electron chi connectivity index (χ4n) is 5.28. The summed E-state index contributed by atoms with van der Waals surface area (Å²) in [7, 11) is 0. The highest BCUT2D eigenvalue weighted by Crippen LogP contribution is 2.20. The minimum absolute atomic E-state index is 0.166. The number of hydrogen-bond donors (Lipinski definition) is 1. The van der Waals surface area contributed by atoms with E-state index >= 15 is 0 Å². The average molecular weight is 638 g/mol. The van der Waals surface area contributed by atoms with E-state index in [9.17, 15) is 9.59 Å². The van der Waals surface area contributed by atoms with Gasteiger partial charge in [0.25, 0.3) is 0 Å². The molecule has 0 bridgehead atoms. The molecule has 0 radical (unpaired) electrons. The number of ether oxygens (including phenoxy) is 1. The highest BCUT2D eigenvalue weighted by molar-refractivity contribution is 6.21. The van der Waals surface area contributed by atoms with Gasteiger partial charge in [-0.3, -0.25) is 9.59 Å². The molecule has 3 atom stereocenters. The lowest BCUT2D eigenvalue weighted by Gasteiger charge is -2.13. The highest BCUT2D eigenvalue weighted by atomic mass is 35.5. The van der Waals surface area contributed by atoms with Crippen LogP contribution in [0, 0.1) is 5.92 Å². The predicted molar refractivity (Wildman–Crippen MR) is 184 cm³/mol. The van der Waals surface area contributed by atoms with E-state index < -0.39 is 11.5 Å². The van der Waals surface area contributed by atoms with Gasteiger partial charge in [0.05, 0.1) is 5.92 Å². The Bertz CT molecular complexity index is 567. The largest absolute Gasteiger partial charge is 0.481 e. The Kier molecular flexibility index (Phi) is 36.4. The van der Waals surface area contributed by atoms with Gasteiger partial charge in [0.1, 0.15) is 0 Å². The molecule has 6 heteroatoms. The molecule has 0 aliphatic rings. The summed E-state index contributed by atoms with van der Waals surface area (Å²) in [5, 5.41) is 8.77. The quantitative estimate of drug-likeness (QED) is 0.0483. The Morgan fingerprint density at radius 1 is 0.548 bits per heavy atom. The van der Waals surface area contributed by atoms with Crippen LogP contribution in [0.2, 0.25) is 0 Å². The Balaban J connectivity index is 0. The number of hydrogen-bond acceptors (Lipinski definition) is 3. The standard InChI is InChI=1S/2C18H35ClO2/c1-3-4-5-6-7-8-9-10-11-12-13-14-15-16-18(20)21-17(2)19;1-3-4-5-6-7-8-9-10-11-12-13-14-15-17(16(2)19)18(20)21/h17H,3-16H2,1-2H3;16-17H,3-15H2,1-2H3,(H,20,21). The van der Waals surface area contributed by atoms with Crippen molar-refractivity contribution < 1.29 is 19.4 Å². The Morgan fingerprint density at radius 3 is 1.14 bits per heavy atom. The molecule has 42 heavy (non-hydrogen) atoms. The van der Waals surface area contributed by atoms with E-state index in [-0.39, 0.29) is 17.3 Å². The van der Waals surface area contributed by atoms with Crippen molar-refractivity contribution in [2.45, 2.75) is 212 Å². The second kappa shape index (κ2) is 35.0. The summed E-state index contributed by atoms with van der Waals surface area (Å²) in [6, 6.07) is 0.